The second-order valence-electron chi connectivity index (χ2n) is 3.34. The lowest BCUT2D eigenvalue weighted by molar-refractivity contribution is 0.991. The van der Waals surface area contributed by atoms with Crippen molar-refractivity contribution in [3.8, 4) is 24.3 Å². The summed E-state index contributed by atoms with van der Waals surface area (Å²) in [6.07, 6.45) is 0. The second kappa shape index (κ2) is 4.85. The SMILES string of the molecule is [B]C(C#N)(C#N)c1ccc(C(C#N)C#N)cc1. The van der Waals surface area contributed by atoms with Crippen molar-refractivity contribution >= 4 is 7.85 Å². The van der Waals surface area contributed by atoms with E-state index in [1.807, 2.05) is 12.1 Å². The Kier molecular flexibility index (Phi) is 3.51. The van der Waals surface area contributed by atoms with Crippen molar-refractivity contribution in [1.82, 2.24) is 0 Å². The molecular formula is C12H5BN4. The molecule has 0 amide bonds. The minimum atomic E-state index is -1.70. The smallest absolute Gasteiger partial charge is 0.158 e. The van der Waals surface area contributed by atoms with E-state index in [-0.39, 0.29) is 0 Å². The predicted octanol–water partition coefficient (Wildman–Crippen LogP) is 1.23. The number of rotatable bonds is 2. The summed E-state index contributed by atoms with van der Waals surface area (Å²) in [5.74, 6) is -0.861. The maximum absolute atomic E-state index is 8.81. The average molecular weight is 216 g/mol. The molecular weight excluding hydrogens is 211 g/mol. The Bertz CT molecular complexity index is 549. The Hall–Kier alpha value is -2.76. The Morgan fingerprint density at radius 1 is 0.941 bits per heavy atom. The fourth-order valence-electron chi connectivity index (χ4n) is 1.27. The quantitative estimate of drug-likeness (QED) is 0.694. The van der Waals surface area contributed by atoms with Gasteiger partial charge in [-0.2, -0.15) is 21.0 Å². The Balaban J connectivity index is 3.16. The van der Waals surface area contributed by atoms with Crippen LogP contribution in [0.3, 0.4) is 0 Å². The summed E-state index contributed by atoms with van der Waals surface area (Å²) >= 11 is 0. The molecule has 1 aromatic rings. The highest BCUT2D eigenvalue weighted by atomic mass is 14.4. The molecule has 76 valence electrons. The molecule has 0 bridgehead atoms. The lowest BCUT2D eigenvalue weighted by Gasteiger charge is -2.13. The van der Waals surface area contributed by atoms with Crippen molar-refractivity contribution in [1.29, 1.82) is 21.0 Å². The summed E-state index contributed by atoms with van der Waals surface area (Å²) in [5, 5.41) is 33.3. The van der Waals surface area contributed by atoms with E-state index in [0.717, 1.165) is 0 Å². The zero-order chi connectivity index (χ0) is 12.9. The molecule has 5 heteroatoms. The van der Waals surface area contributed by atoms with E-state index in [2.05, 4.69) is 0 Å². The zero-order valence-corrected chi connectivity index (χ0v) is 8.75. The van der Waals surface area contributed by atoms with Gasteiger partial charge in [-0.3, -0.25) is 0 Å². The number of hydrogen-bond donors (Lipinski definition) is 0. The van der Waals surface area contributed by atoms with Crippen LogP contribution in [0.4, 0.5) is 0 Å². The van der Waals surface area contributed by atoms with Crippen LogP contribution in [0, 0.1) is 45.3 Å². The van der Waals surface area contributed by atoms with Gasteiger partial charge in [0.25, 0.3) is 0 Å². The molecule has 0 heterocycles. The third kappa shape index (κ3) is 2.26. The molecule has 0 saturated carbocycles. The molecule has 4 nitrogen and oxygen atoms in total. The van der Waals surface area contributed by atoms with Gasteiger partial charge < -0.3 is 0 Å². The molecule has 1 aromatic carbocycles. The van der Waals surface area contributed by atoms with Gasteiger partial charge in [0, 0.05) is 0 Å². The Labute approximate surface area is 100 Å². The van der Waals surface area contributed by atoms with Crippen LogP contribution >= 0.6 is 0 Å². The zero-order valence-electron chi connectivity index (χ0n) is 8.75. The number of hydrogen-bond acceptors (Lipinski definition) is 4. The molecule has 0 fully saturated rings. The van der Waals surface area contributed by atoms with Crippen LogP contribution < -0.4 is 0 Å². The number of benzene rings is 1. The fraction of sp³-hybridized carbons (Fsp3) is 0.167. The molecule has 0 atom stereocenters. The molecule has 0 N–H and O–H groups in total. The van der Waals surface area contributed by atoms with Crippen molar-refractivity contribution in [3.63, 3.8) is 0 Å². The van der Waals surface area contributed by atoms with Crippen LogP contribution in [0.2, 0.25) is 0 Å². The fourth-order valence-corrected chi connectivity index (χ4v) is 1.27. The first-order valence-corrected chi connectivity index (χ1v) is 4.62. The Morgan fingerprint density at radius 3 is 1.76 bits per heavy atom. The van der Waals surface area contributed by atoms with Gasteiger partial charge in [0.15, 0.2) is 5.92 Å². The van der Waals surface area contributed by atoms with E-state index >= 15 is 0 Å². The maximum Gasteiger partial charge on any atom is 0.158 e. The molecule has 0 aromatic heterocycles. The van der Waals surface area contributed by atoms with Gasteiger partial charge in [0.2, 0.25) is 0 Å². The molecule has 0 aliphatic carbocycles. The van der Waals surface area contributed by atoms with Crippen LogP contribution in [0.15, 0.2) is 24.3 Å². The van der Waals surface area contributed by atoms with Gasteiger partial charge in [-0.15, -0.1) is 0 Å². The highest BCUT2D eigenvalue weighted by Crippen LogP contribution is 2.22. The average Bonchev–Trinajstić information content (AvgIpc) is 2.40. The minimum Gasteiger partial charge on any atom is -0.197 e. The first kappa shape index (κ1) is 12.3. The summed E-state index contributed by atoms with van der Waals surface area (Å²) in [4.78, 5) is 0. The van der Waals surface area contributed by atoms with Gasteiger partial charge in [-0.25, -0.2) is 0 Å². The number of nitrogens with zero attached hydrogens (tertiary/aromatic N) is 4. The molecule has 0 spiro atoms. The van der Waals surface area contributed by atoms with E-state index in [4.69, 9.17) is 28.9 Å². The lowest BCUT2D eigenvalue weighted by atomic mass is 9.66. The van der Waals surface area contributed by atoms with Crippen LogP contribution in [0.25, 0.3) is 0 Å². The van der Waals surface area contributed by atoms with E-state index in [1.165, 1.54) is 24.3 Å². The van der Waals surface area contributed by atoms with Gasteiger partial charge in [-0.1, -0.05) is 24.3 Å². The standard InChI is InChI=1S/C12H5BN4/c13-12(7-16,8-17)11-3-1-9(2-4-11)10(5-14)6-15/h1-4,10H. The maximum atomic E-state index is 8.81. The molecule has 2 radical (unpaired) electrons. The van der Waals surface area contributed by atoms with Crippen LogP contribution in [0.1, 0.15) is 17.0 Å². The van der Waals surface area contributed by atoms with E-state index in [1.54, 1.807) is 12.1 Å². The third-order valence-electron chi connectivity index (χ3n) is 2.31. The van der Waals surface area contributed by atoms with Crippen molar-refractivity contribution in [2.75, 3.05) is 0 Å². The summed E-state index contributed by atoms with van der Waals surface area (Å²) in [6.45, 7) is 0. The topological polar surface area (TPSA) is 95.2 Å². The van der Waals surface area contributed by atoms with Crippen molar-refractivity contribution in [2.45, 2.75) is 11.2 Å². The number of nitriles is 4. The van der Waals surface area contributed by atoms with Gasteiger partial charge in [0.1, 0.15) is 13.2 Å². The molecule has 0 saturated heterocycles. The normalized spacial score (nSPS) is 9.71. The van der Waals surface area contributed by atoms with E-state index in [0.29, 0.717) is 11.1 Å². The predicted molar refractivity (Wildman–Crippen MR) is 59.1 cm³/mol. The van der Waals surface area contributed by atoms with Crippen molar-refractivity contribution in [3.05, 3.63) is 35.4 Å². The summed E-state index contributed by atoms with van der Waals surface area (Å²) < 4.78 is 0. The Morgan fingerprint density at radius 2 is 1.41 bits per heavy atom. The monoisotopic (exact) mass is 216 g/mol. The highest BCUT2D eigenvalue weighted by molar-refractivity contribution is 6.20. The lowest BCUT2D eigenvalue weighted by Crippen LogP contribution is -2.21. The minimum absolute atomic E-state index is 0.334. The molecule has 0 aliphatic rings. The van der Waals surface area contributed by atoms with Crippen LogP contribution in [-0.2, 0) is 5.31 Å². The molecule has 0 unspecified atom stereocenters. The summed E-state index contributed by atoms with van der Waals surface area (Å²) in [6, 6.07) is 13.1. The van der Waals surface area contributed by atoms with Gasteiger partial charge in [-0.05, 0) is 11.1 Å². The van der Waals surface area contributed by atoms with Crippen LogP contribution in [0.5, 0.6) is 0 Å². The van der Waals surface area contributed by atoms with Gasteiger partial charge in [0.05, 0.1) is 24.3 Å². The highest BCUT2D eigenvalue weighted by Gasteiger charge is 2.25. The molecule has 17 heavy (non-hydrogen) atoms. The van der Waals surface area contributed by atoms with Gasteiger partial charge >= 0.3 is 0 Å². The summed E-state index contributed by atoms with van der Waals surface area (Å²) in [5.41, 5.74) is 0.845. The van der Waals surface area contributed by atoms with Crippen LogP contribution in [-0.4, -0.2) is 7.85 Å². The largest absolute Gasteiger partial charge is 0.197 e. The first-order chi connectivity index (χ1) is 8.11. The first-order valence-electron chi connectivity index (χ1n) is 4.62. The molecule has 0 aliphatic heterocycles. The summed E-state index contributed by atoms with van der Waals surface area (Å²) in [7, 11) is 5.56. The molecule has 1 rings (SSSR count). The van der Waals surface area contributed by atoms with E-state index < -0.39 is 11.2 Å². The van der Waals surface area contributed by atoms with E-state index in [9.17, 15) is 0 Å². The second-order valence-corrected chi connectivity index (χ2v) is 3.34. The third-order valence-corrected chi connectivity index (χ3v) is 2.31. The van der Waals surface area contributed by atoms with Crippen molar-refractivity contribution in [2.24, 2.45) is 0 Å². The van der Waals surface area contributed by atoms with Crippen molar-refractivity contribution < 1.29 is 0 Å².